The summed E-state index contributed by atoms with van der Waals surface area (Å²) in [5.41, 5.74) is 5.76. The van der Waals surface area contributed by atoms with Crippen LogP contribution in [-0.2, 0) is 0 Å². The highest BCUT2D eigenvalue weighted by Crippen LogP contribution is 2.25. The van der Waals surface area contributed by atoms with Crippen molar-refractivity contribution in [2.45, 2.75) is 19.4 Å². The fraction of sp³-hybridized carbons (Fsp3) is 0.429. The van der Waals surface area contributed by atoms with E-state index >= 15 is 0 Å². The summed E-state index contributed by atoms with van der Waals surface area (Å²) < 4.78 is 0. The first-order valence-electron chi connectivity index (χ1n) is 3.23. The molecule has 3 heteroatoms. The summed E-state index contributed by atoms with van der Waals surface area (Å²) in [6.07, 6.45) is 0.969. The summed E-state index contributed by atoms with van der Waals surface area (Å²) in [6.45, 7) is 2.07. The van der Waals surface area contributed by atoms with Gasteiger partial charge in [0.15, 0.2) is 0 Å². The third-order valence-corrected chi connectivity index (χ3v) is 2.81. The summed E-state index contributed by atoms with van der Waals surface area (Å²) in [5.74, 6) is 0. The standard InChI is InChI=1S/C7H10ClNS/c1-2-6(9)7-3-5(8)4-10-7/h3-4,6H,2,9H2,1H3. The predicted molar refractivity (Wildman–Crippen MR) is 46.5 cm³/mol. The van der Waals surface area contributed by atoms with Crippen molar-refractivity contribution in [2.24, 2.45) is 5.73 Å². The second-order valence-corrected chi connectivity index (χ2v) is 3.56. The molecule has 1 unspecified atom stereocenters. The van der Waals surface area contributed by atoms with E-state index in [1.807, 2.05) is 11.4 Å². The van der Waals surface area contributed by atoms with Gasteiger partial charge < -0.3 is 5.73 Å². The van der Waals surface area contributed by atoms with Crippen molar-refractivity contribution >= 4 is 22.9 Å². The lowest BCUT2D eigenvalue weighted by Crippen LogP contribution is -2.05. The first-order chi connectivity index (χ1) is 4.74. The van der Waals surface area contributed by atoms with E-state index < -0.39 is 0 Å². The molecule has 1 nitrogen and oxygen atoms in total. The van der Waals surface area contributed by atoms with Crippen LogP contribution in [0.2, 0.25) is 5.02 Å². The molecule has 0 amide bonds. The largest absolute Gasteiger partial charge is 0.323 e. The molecule has 0 aromatic carbocycles. The summed E-state index contributed by atoms with van der Waals surface area (Å²) in [7, 11) is 0. The Balaban J connectivity index is 2.74. The normalized spacial score (nSPS) is 13.5. The number of nitrogens with two attached hydrogens (primary N) is 1. The van der Waals surface area contributed by atoms with Crippen LogP contribution in [0.3, 0.4) is 0 Å². The molecule has 1 aromatic rings. The zero-order valence-corrected chi connectivity index (χ0v) is 7.38. The van der Waals surface area contributed by atoms with Crippen LogP contribution in [0, 0.1) is 0 Å². The molecule has 0 saturated heterocycles. The van der Waals surface area contributed by atoms with Crippen molar-refractivity contribution in [3.05, 3.63) is 21.3 Å². The van der Waals surface area contributed by atoms with Crippen LogP contribution in [-0.4, -0.2) is 0 Å². The first kappa shape index (κ1) is 8.05. The fourth-order valence-electron chi connectivity index (χ4n) is 0.724. The molecule has 1 rings (SSSR count). The Hall–Kier alpha value is -0.0500. The maximum Gasteiger partial charge on any atom is 0.0516 e. The van der Waals surface area contributed by atoms with E-state index in [2.05, 4.69) is 6.92 Å². The lowest BCUT2D eigenvalue weighted by molar-refractivity contribution is 0.712. The molecule has 0 aliphatic carbocycles. The molecular formula is C7H10ClNS. The smallest absolute Gasteiger partial charge is 0.0516 e. The second kappa shape index (κ2) is 3.37. The van der Waals surface area contributed by atoms with Crippen molar-refractivity contribution in [1.29, 1.82) is 0 Å². The van der Waals surface area contributed by atoms with Gasteiger partial charge >= 0.3 is 0 Å². The molecule has 0 fully saturated rings. The summed E-state index contributed by atoms with van der Waals surface area (Å²) in [6, 6.07) is 2.10. The van der Waals surface area contributed by atoms with E-state index in [1.165, 1.54) is 4.88 Å². The van der Waals surface area contributed by atoms with Gasteiger partial charge in [0, 0.05) is 16.3 Å². The predicted octanol–water partition coefficient (Wildman–Crippen LogP) is 2.81. The maximum atomic E-state index is 5.76. The maximum absolute atomic E-state index is 5.76. The average molecular weight is 176 g/mol. The van der Waals surface area contributed by atoms with Gasteiger partial charge in [-0.2, -0.15) is 0 Å². The third kappa shape index (κ3) is 1.72. The van der Waals surface area contributed by atoms with E-state index in [9.17, 15) is 0 Å². The van der Waals surface area contributed by atoms with E-state index in [4.69, 9.17) is 17.3 Å². The number of rotatable bonds is 2. The Kier molecular flexibility index (Phi) is 2.72. The van der Waals surface area contributed by atoms with Gasteiger partial charge in [0.05, 0.1) is 5.02 Å². The monoisotopic (exact) mass is 175 g/mol. The van der Waals surface area contributed by atoms with Crippen molar-refractivity contribution in [3.8, 4) is 0 Å². The molecule has 2 N–H and O–H groups in total. The van der Waals surface area contributed by atoms with Crippen LogP contribution in [0.15, 0.2) is 11.4 Å². The molecule has 0 radical (unpaired) electrons. The molecule has 1 aromatic heterocycles. The summed E-state index contributed by atoms with van der Waals surface area (Å²) in [5, 5.41) is 2.70. The van der Waals surface area contributed by atoms with Crippen LogP contribution in [0.1, 0.15) is 24.3 Å². The van der Waals surface area contributed by atoms with Gasteiger partial charge in [-0.05, 0) is 12.5 Å². The highest BCUT2D eigenvalue weighted by molar-refractivity contribution is 7.10. The fourth-order valence-corrected chi connectivity index (χ4v) is 1.89. The number of hydrogen-bond acceptors (Lipinski definition) is 2. The van der Waals surface area contributed by atoms with E-state index in [0.29, 0.717) is 0 Å². The number of hydrogen-bond donors (Lipinski definition) is 1. The average Bonchev–Trinajstić information content (AvgIpc) is 2.34. The Morgan fingerprint density at radius 3 is 2.90 bits per heavy atom. The molecule has 0 bridgehead atoms. The lowest BCUT2D eigenvalue weighted by Gasteiger charge is -2.02. The zero-order valence-electron chi connectivity index (χ0n) is 5.80. The second-order valence-electron chi connectivity index (χ2n) is 2.18. The Morgan fingerprint density at radius 1 is 1.80 bits per heavy atom. The van der Waals surface area contributed by atoms with Gasteiger partial charge in [-0.1, -0.05) is 18.5 Å². The SMILES string of the molecule is CCC(N)c1cc(Cl)cs1. The van der Waals surface area contributed by atoms with Crippen molar-refractivity contribution in [3.63, 3.8) is 0 Å². The van der Waals surface area contributed by atoms with E-state index in [1.54, 1.807) is 11.3 Å². The number of halogens is 1. The van der Waals surface area contributed by atoms with Gasteiger partial charge in [0.25, 0.3) is 0 Å². The molecule has 56 valence electrons. The molecule has 0 aliphatic heterocycles. The van der Waals surface area contributed by atoms with Crippen LogP contribution < -0.4 is 5.73 Å². The Labute approximate surface area is 69.8 Å². The topological polar surface area (TPSA) is 26.0 Å². The highest BCUT2D eigenvalue weighted by Gasteiger charge is 2.04. The molecular weight excluding hydrogens is 166 g/mol. The summed E-state index contributed by atoms with van der Waals surface area (Å²) in [4.78, 5) is 1.17. The van der Waals surface area contributed by atoms with Gasteiger partial charge in [-0.3, -0.25) is 0 Å². The quantitative estimate of drug-likeness (QED) is 0.735. The third-order valence-electron chi connectivity index (χ3n) is 1.39. The van der Waals surface area contributed by atoms with Crippen LogP contribution in [0.25, 0.3) is 0 Å². The van der Waals surface area contributed by atoms with Crippen LogP contribution in [0.5, 0.6) is 0 Å². The minimum Gasteiger partial charge on any atom is -0.323 e. The van der Waals surface area contributed by atoms with Crippen molar-refractivity contribution in [2.75, 3.05) is 0 Å². The summed E-state index contributed by atoms with van der Waals surface area (Å²) >= 11 is 7.34. The molecule has 1 heterocycles. The van der Waals surface area contributed by atoms with Crippen molar-refractivity contribution in [1.82, 2.24) is 0 Å². The van der Waals surface area contributed by atoms with Gasteiger partial charge in [0.1, 0.15) is 0 Å². The van der Waals surface area contributed by atoms with Crippen LogP contribution in [0.4, 0.5) is 0 Å². The molecule has 0 spiro atoms. The molecule has 0 aliphatic rings. The molecule has 10 heavy (non-hydrogen) atoms. The van der Waals surface area contributed by atoms with Crippen LogP contribution >= 0.6 is 22.9 Å². The van der Waals surface area contributed by atoms with E-state index in [0.717, 1.165) is 11.4 Å². The first-order valence-corrected chi connectivity index (χ1v) is 4.49. The highest BCUT2D eigenvalue weighted by atomic mass is 35.5. The van der Waals surface area contributed by atoms with Gasteiger partial charge in [-0.25, -0.2) is 0 Å². The Bertz CT molecular complexity index is 209. The lowest BCUT2D eigenvalue weighted by atomic mass is 10.2. The molecule has 0 saturated carbocycles. The minimum atomic E-state index is 0.164. The number of thiophene rings is 1. The molecule has 1 atom stereocenters. The van der Waals surface area contributed by atoms with Gasteiger partial charge in [-0.15, -0.1) is 11.3 Å². The van der Waals surface area contributed by atoms with E-state index in [-0.39, 0.29) is 6.04 Å². The van der Waals surface area contributed by atoms with Crippen molar-refractivity contribution < 1.29 is 0 Å². The minimum absolute atomic E-state index is 0.164. The Morgan fingerprint density at radius 2 is 2.50 bits per heavy atom. The zero-order chi connectivity index (χ0) is 7.56. The van der Waals surface area contributed by atoms with Gasteiger partial charge in [0.2, 0.25) is 0 Å².